The molecular formula is C14H19N3O. The van der Waals surface area contributed by atoms with Gasteiger partial charge in [0.25, 0.3) is 0 Å². The molecular weight excluding hydrogens is 226 g/mol. The second-order valence-electron chi connectivity index (χ2n) is 4.40. The lowest BCUT2D eigenvalue weighted by atomic mass is 10.2. The van der Waals surface area contributed by atoms with Crippen molar-refractivity contribution >= 4 is 5.69 Å². The number of anilines is 1. The molecule has 96 valence electrons. The fraction of sp³-hybridized carbons (Fsp3) is 0.357. The minimum atomic E-state index is 0.301. The predicted octanol–water partition coefficient (Wildman–Crippen LogP) is 2.38. The van der Waals surface area contributed by atoms with E-state index in [0.717, 1.165) is 12.2 Å². The first kappa shape index (κ1) is 12.6. The zero-order valence-electron chi connectivity index (χ0n) is 10.8. The van der Waals surface area contributed by atoms with Gasteiger partial charge in [0.15, 0.2) is 0 Å². The third-order valence-corrected chi connectivity index (χ3v) is 2.66. The molecule has 1 atom stereocenters. The van der Waals surface area contributed by atoms with Crippen LogP contribution in [0.1, 0.15) is 12.5 Å². The van der Waals surface area contributed by atoms with Crippen molar-refractivity contribution in [3.05, 3.63) is 48.3 Å². The summed E-state index contributed by atoms with van der Waals surface area (Å²) in [6, 6.07) is 10.6. The number of nitrogens with one attached hydrogen (secondary N) is 1. The Morgan fingerprint density at radius 1 is 1.39 bits per heavy atom. The van der Waals surface area contributed by atoms with Crippen LogP contribution in [-0.4, -0.2) is 29.5 Å². The first-order chi connectivity index (χ1) is 8.78. The van der Waals surface area contributed by atoms with Gasteiger partial charge in [0.1, 0.15) is 0 Å². The number of ether oxygens (including phenoxy) is 1. The van der Waals surface area contributed by atoms with Crippen molar-refractivity contribution in [3.63, 3.8) is 0 Å². The molecule has 0 spiro atoms. The van der Waals surface area contributed by atoms with E-state index in [0.29, 0.717) is 12.6 Å². The Morgan fingerprint density at radius 3 is 3.00 bits per heavy atom. The van der Waals surface area contributed by atoms with E-state index < -0.39 is 0 Å². The Hall–Kier alpha value is -1.81. The quantitative estimate of drug-likeness (QED) is 0.849. The topological polar surface area (TPSA) is 39.1 Å². The zero-order chi connectivity index (χ0) is 12.8. The van der Waals surface area contributed by atoms with Crippen LogP contribution in [0.5, 0.6) is 0 Å². The van der Waals surface area contributed by atoms with Gasteiger partial charge >= 0.3 is 0 Å². The van der Waals surface area contributed by atoms with E-state index >= 15 is 0 Å². The van der Waals surface area contributed by atoms with Gasteiger partial charge in [-0.05, 0) is 30.7 Å². The maximum Gasteiger partial charge on any atom is 0.0661 e. The summed E-state index contributed by atoms with van der Waals surface area (Å²) in [7, 11) is 1.71. The molecule has 18 heavy (non-hydrogen) atoms. The summed E-state index contributed by atoms with van der Waals surface area (Å²) in [5.74, 6) is 0. The molecule has 1 N–H and O–H groups in total. The molecule has 0 saturated heterocycles. The minimum absolute atomic E-state index is 0.301. The molecule has 1 aromatic heterocycles. The van der Waals surface area contributed by atoms with E-state index in [2.05, 4.69) is 41.6 Å². The molecule has 1 aromatic carbocycles. The highest BCUT2D eigenvalue weighted by molar-refractivity contribution is 5.46. The molecule has 0 aliphatic carbocycles. The van der Waals surface area contributed by atoms with Gasteiger partial charge < -0.3 is 10.1 Å². The average molecular weight is 245 g/mol. The first-order valence-electron chi connectivity index (χ1n) is 6.10. The first-order valence-corrected chi connectivity index (χ1v) is 6.10. The molecule has 0 amide bonds. The second-order valence-corrected chi connectivity index (χ2v) is 4.40. The number of methoxy groups -OCH3 is 1. The normalized spacial score (nSPS) is 12.3. The van der Waals surface area contributed by atoms with Gasteiger partial charge in [0, 0.05) is 31.2 Å². The summed E-state index contributed by atoms with van der Waals surface area (Å²) in [6.07, 6.45) is 3.76. The third-order valence-electron chi connectivity index (χ3n) is 2.66. The van der Waals surface area contributed by atoms with Crippen molar-refractivity contribution in [1.29, 1.82) is 0 Å². The number of hydrogen-bond donors (Lipinski definition) is 1. The Kier molecular flexibility index (Phi) is 4.36. The number of aromatic nitrogens is 2. The van der Waals surface area contributed by atoms with Crippen LogP contribution in [0, 0.1) is 0 Å². The minimum Gasteiger partial charge on any atom is -0.383 e. The number of nitrogens with zero attached hydrogens (tertiary/aromatic N) is 2. The monoisotopic (exact) mass is 245 g/mol. The highest BCUT2D eigenvalue weighted by Gasteiger charge is 2.02. The van der Waals surface area contributed by atoms with E-state index in [1.54, 1.807) is 13.3 Å². The van der Waals surface area contributed by atoms with Crippen molar-refractivity contribution in [2.24, 2.45) is 0 Å². The smallest absolute Gasteiger partial charge is 0.0661 e. The Labute approximate surface area is 108 Å². The lowest BCUT2D eigenvalue weighted by molar-refractivity contribution is 0.190. The van der Waals surface area contributed by atoms with E-state index in [-0.39, 0.29) is 0 Å². The second kappa shape index (κ2) is 6.21. The predicted molar refractivity (Wildman–Crippen MR) is 72.7 cm³/mol. The number of hydrogen-bond acceptors (Lipinski definition) is 3. The average Bonchev–Trinajstić information content (AvgIpc) is 2.82. The third kappa shape index (κ3) is 3.60. The molecule has 0 bridgehead atoms. The van der Waals surface area contributed by atoms with Gasteiger partial charge in [0.05, 0.1) is 13.2 Å². The summed E-state index contributed by atoms with van der Waals surface area (Å²) in [4.78, 5) is 0. The van der Waals surface area contributed by atoms with Gasteiger partial charge in [-0.2, -0.15) is 5.10 Å². The van der Waals surface area contributed by atoms with Crippen molar-refractivity contribution in [2.45, 2.75) is 19.5 Å². The molecule has 0 unspecified atom stereocenters. The highest BCUT2D eigenvalue weighted by Crippen LogP contribution is 2.12. The molecule has 0 aliphatic rings. The summed E-state index contributed by atoms with van der Waals surface area (Å²) in [5, 5.41) is 7.62. The molecule has 0 saturated carbocycles. The molecule has 0 aliphatic heterocycles. The van der Waals surface area contributed by atoms with Crippen LogP contribution in [0.2, 0.25) is 0 Å². The summed E-state index contributed by atoms with van der Waals surface area (Å²) in [6.45, 7) is 3.59. The largest absolute Gasteiger partial charge is 0.383 e. The number of benzene rings is 1. The van der Waals surface area contributed by atoms with Gasteiger partial charge in [-0.25, -0.2) is 0 Å². The van der Waals surface area contributed by atoms with Crippen LogP contribution in [0.4, 0.5) is 5.69 Å². The summed E-state index contributed by atoms with van der Waals surface area (Å²) in [5.41, 5.74) is 2.34. The van der Waals surface area contributed by atoms with E-state index in [4.69, 9.17) is 4.74 Å². The molecule has 0 fully saturated rings. The SMILES string of the molecule is COC[C@@H](C)Nc1cccc(Cn2cccn2)c1. The van der Waals surface area contributed by atoms with Crippen molar-refractivity contribution in [3.8, 4) is 0 Å². The van der Waals surface area contributed by atoms with Crippen LogP contribution >= 0.6 is 0 Å². The van der Waals surface area contributed by atoms with Gasteiger partial charge in [-0.1, -0.05) is 12.1 Å². The van der Waals surface area contributed by atoms with Crippen LogP contribution in [0.15, 0.2) is 42.7 Å². The van der Waals surface area contributed by atoms with Crippen molar-refractivity contribution < 1.29 is 4.74 Å². The summed E-state index contributed by atoms with van der Waals surface area (Å²) >= 11 is 0. The van der Waals surface area contributed by atoms with Crippen molar-refractivity contribution in [2.75, 3.05) is 19.0 Å². The maximum absolute atomic E-state index is 5.11. The lowest BCUT2D eigenvalue weighted by Crippen LogP contribution is -2.20. The fourth-order valence-electron chi connectivity index (χ4n) is 1.92. The lowest BCUT2D eigenvalue weighted by Gasteiger charge is -2.15. The zero-order valence-corrected chi connectivity index (χ0v) is 10.8. The van der Waals surface area contributed by atoms with E-state index in [9.17, 15) is 0 Å². The van der Waals surface area contributed by atoms with Gasteiger partial charge in [0.2, 0.25) is 0 Å². The molecule has 1 heterocycles. The van der Waals surface area contributed by atoms with Crippen LogP contribution in [0.3, 0.4) is 0 Å². The molecule has 2 rings (SSSR count). The Balaban J connectivity index is 2.01. The van der Waals surface area contributed by atoms with Crippen LogP contribution in [-0.2, 0) is 11.3 Å². The van der Waals surface area contributed by atoms with Crippen LogP contribution < -0.4 is 5.32 Å². The van der Waals surface area contributed by atoms with E-state index in [1.807, 2.05) is 16.9 Å². The molecule has 4 heteroatoms. The Bertz CT molecular complexity index is 468. The molecule has 2 aromatic rings. The molecule has 0 radical (unpaired) electrons. The van der Waals surface area contributed by atoms with Gasteiger partial charge in [-0.15, -0.1) is 0 Å². The van der Waals surface area contributed by atoms with Gasteiger partial charge in [-0.3, -0.25) is 4.68 Å². The fourth-order valence-corrected chi connectivity index (χ4v) is 1.92. The summed E-state index contributed by atoms with van der Waals surface area (Å²) < 4.78 is 7.03. The van der Waals surface area contributed by atoms with Crippen LogP contribution in [0.25, 0.3) is 0 Å². The maximum atomic E-state index is 5.11. The van der Waals surface area contributed by atoms with Crippen molar-refractivity contribution in [1.82, 2.24) is 9.78 Å². The standard InChI is InChI=1S/C14H19N3O/c1-12(11-18-2)16-14-6-3-5-13(9-14)10-17-8-4-7-15-17/h3-9,12,16H,10-11H2,1-2H3/t12-/m1/s1. The Morgan fingerprint density at radius 2 is 2.28 bits per heavy atom. The molecule has 4 nitrogen and oxygen atoms in total. The highest BCUT2D eigenvalue weighted by atomic mass is 16.5. The van der Waals surface area contributed by atoms with E-state index in [1.165, 1.54) is 5.56 Å². The number of rotatable bonds is 6.